The van der Waals surface area contributed by atoms with Crippen LogP contribution in [0.15, 0.2) is 4.79 Å². The second kappa shape index (κ2) is 7.92. The number of carbonyl (C=O) groups excluding carboxylic acids is 2. The first-order valence-corrected chi connectivity index (χ1v) is 10.9. The maximum Gasteiger partial charge on any atom is 0.311 e. The van der Waals surface area contributed by atoms with Gasteiger partial charge in [-0.25, -0.2) is 5.10 Å². The van der Waals surface area contributed by atoms with Crippen molar-refractivity contribution >= 4 is 11.9 Å². The third-order valence-electron chi connectivity index (χ3n) is 7.53. The van der Waals surface area contributed by atoms with E-state index in [1.54, 1.807) is 13.8 Å². The highest BCUT2D eigenvalue weighted by Gasteiger charge is 2.52. The van der Waals surface area contributed by atoms with E-state index in [0.29, 0.717) is 29.7 Å². The first-order valence-electron chi connectivity index (χ1n) is 10.9. The average molecular weight is 402 g/mol. The van der Waals surface area contributed by atoms with E-state index in [1.165, 1.54) is 32.1 Å². The number of nitrogens with zero attached hydrogens (tertiary/aromatic N) is 1. The topological polar surface area (TPSA) is 101 Å². The first-order chi connectivity index (χ1) is 13.9. The molecule has 5 rings (SSSR count). The van der Waals surface area contributed by atoms with E-state index in [4.69, 9.17) is 4.74 Å². The molecule has 1 aromatic heterocycles. The molecule has 4 aliphatic rings. The molecule has 7 heteroatoms. The molecule has 158 valence electrons. The zero-order chi connectivity index (χ0) is 20.7. The Balaban J connectivity index is 1.53. The molecule has 1 aromatic rings. The Labute approximate surface area is 171 Å². The van der Waals surface area contributed by atoms with Crippen LogP contribution in [0.5, 0.6) is 0 Å². The number of amides is 1. The Kier molecular flexibility index (Phi) is 5.49. The SMILES string of the molecule is CCOC(=O)[C@@H](CNC(=O)c1c(C)c(C)n[nH]c1=O)C1C2CC3CC(C2)CC1C3. The van der Waals surface area contributed by atoms with Crippen LogP contribution in [-0.2, 0) is 9.53 Å². The molecule has 0 aromatic carbocycles. The van der Waals surface area contributed by atoms with Gasteiger partial charge in [0.15, 0.2) is 0 Å². The Bertz CT molecular complexity index is 834. The predicted octanol–water partition coefficient (Wildman–Crippen LogP) is 2.37. The number of aryl methyl sites for hydroxylation is 1. The molecule has 1 heterocycles. The molecule has 0 saturated heterocycles. The summed E-state index contributed by atoms with van der Waals surface area (Å²) in [5.41, 5.74) is 0.740. The van der Waals surface area contributed by atoms with E-state index < -0.39 is 11.5 Å². The van der Waals surface area contributed by atoms with Crippen molar-refractivity contribution in [1.29, 1.82) is 0 Å². The molecular formula is C22H31N3O4. The lowest BCUT2D eigenvalue weighted by Gasteiger charge is -2.56. The fraction of sp³-hybridized carbons (Fsp3) is 0.727. The number of hydrogen-bond acceptors (Lipinski definition) is 5. The molecule has 4 aliphatic carbocycles. The van der Waals surface area contributed by atoms with Crippen LogP contribution in [0.25, 0.3) is 0 Å². The first kappa shape index (κ1) is 20.1. The second-order valence-electron chi connectivity index (χ2n) is 9.21. The molecule has 29 heavy (non-hydrogen) atoms. The van der Waals surface area contributed by atoms with Crippen LogP contribution in [0.3, 0.4) is 0 Å². The molecule has 0 aliphatic heterocycles. The van der Waals surface area contributed by atoms with E-state index in [0.717, 1.165) is 11.8 Å². The Morgan fingerprint density at radius 3 is 2.34 bits per heavy atom. The summed E-state index contributed by atoms with van der Waals surface area (Å²) < 4.78 is 5.40. The van der Waals surface area contributed by atoms with Gasteiger partial charge in [-0.1, -0.05) is 0 Å². The van der Waals surface area contributed by atoms with Crippen LogP contribution in [0, 0.1) is 49.4 Å². The predicted molar refractivity (Wildman–Crippen MR) is 107 cm³/mol. The highest BCUT2D eigenvalue weighted by atomic mass is 16.5. The minimum Gasteiger partial charge on any atom is -0.466 e. The van der Waals surface area contributed by atoms with Gasteiger partial charge in [0.1, 0.15) is 5.56 Å². The summed E-state index contributed by atoms with van der Waals surface area (Å²) in [5, 5.41) is 9.14. The summed E-state index contributed by atoms with van der Waals surface area (Å²) in [7, 11) is 0. The fourth-order valence-electron chi connectivity index (χ4n) is 6.44. The number of aromatic nitrogens is 2. The van der Waals surface area contributed by atoms with E-state index in [-0.39, 0.29) is 29.9 Å². The maximum absolute atomic E-state index is 12.9. The van der Waals surface area contributed by atoms with Crippen molar-refractivity contribution < 1.29 is 14.3 Å². The summed E-state index contributed by atoms with van der Waals surface area (Å²) in [6.07, 6.45) is 6.14. The van der Waals surface area contributed by atoms with Crippen molar-refractivity contribution in [2.24, 2.45) is 35.5 Å². The van der Waals surface area contributed by atoms with Crippen molar-refractivity contribution in [3.8, 4) is 0 Å². The molecule has 7 nitrogen and oxygen atoms in total. The number of carbonyl (C=O) groups is 2. The normalized spacial score (nSPS) is 30.8. The minimum absolute atomic E-state index is 0.0743. The molecule has 2 N–H and O–H groups in total. The third-order valence-corrected chi connectivity index (χ3v) is 7.53. The minimum atomic E-state index is -0.507. The number of esters is 1. The molecular weight excluding hydrogens is 370 g/mol. The highest BCUT2D eigenvalue weighted by molar-refractivity contribution is 5.95. The number of aromatic amines is 1. The van der Waals surface area contributed by atoms with Crippen LogP contribution >= 0.6 is 0 Å². The molecule has 1 amide bonds. The zero-order valence-corrected chi connectivity index (χ0v) is 17.5. The van der Waals surface area contributed by atoms with Gasteiger partial charge in [0.25, 0.3) is 11.5 Å². The quantitative estimate of drug-likeness (QED) is 0.713. The monoisotopic (exact) mass is 401 g/mol. The summed E-state index contributed by atoms with van der Waals surface area (Å²) in [6.45, 7) is 5.82. The molecule has 4 fully saturated rings. The number of nitrogens with one attached hydrogen (secondary N) is 2. The Morgan fingerprint density at radius 2 is 1.76 bits per heavy atom. The van der Waals surface area contributed by atoms with Gasteiger partial charge in [-0.15, -0.1) is 0 Å². The van der Waals surface area contributed by atoms with Crippen molar-refractivity contribution in [2.75, 3.05) is 13.2 Å². The lowest BCUT2D eigenvalue weighted by Crippen LogP contribution is -2.52. The van der Waals surface area contributed by atoms with Crippen LogP contribution in [0.2, 0.25) is 0 Å². The summed E-state index contributed by atoms with van der Waals surface area (Å²) in [5.74, 6) is 1.96. The standard InChI is InChI=1S/C22H31N3O4/c1-4-29-22(28)17(19-15-6-13-5-14(8-15)9-16(19)7-13)10-23-20(26)18-11(2)12(3)24-25-21(18)27/h13-17,19H,4-10H2,1-3H3,(H,23,26)(H,25,27)/t13?,14?,15?,16?,17-,19?/m0/s1. The van der Waals surface area contributed by atoms with Crippen LogP contribution in [-0.4, -0.2) is 35.2 Å². The average Bonchev–Trinajstić information content (AvgIpc) is 2.66. The van der Waals surface area contributed by atoms with Gasteiger partial charge in [-0.3, -0.25) is 14.4 Å². The Morgan fingerprint density at radius 1 is 1.14 bits per heavy atom. The van der Waals surface area contributed by atoms with Crippen LogP contribution in [0.4, 0.5) is 0 Å². The van der Waals surface area contributed by atoms with Crippen molar-refractivity contribution in [2.45, 2.75) is 52.9 Å². The molecule has 1 atom stereocenters. The lowest BCUT2D eigenvalue weighted by atomic mass is 9.49. The summed E-state index contributed by atoms with van der Waals surface area (Å²) in [4.78, 5) is 37.8. The van der Waals surface area contributed by atoms with Gasteiger partial charge < -0.3 is 10.1 Å². The molecule has 0 unspecified atom stereocenters. The number of ether oxygens (including phenoxy) is 1. The largest absolute Gasteiger partial charge is 0.466 e. The molecule has 0 spiro atoms. The highest BCUT2D eigenvalue weighted by Crippen LogP contribution is 2.58. The van der Waals surface area contributed by atoms with Crippen molar-refractivity contribution in [3.63, 3.8) is 0 Å². The number of H-pyrrole nitrogens is 1. The van der Waals surface area contributed by atoms with Crippen molar-refractivity contribution in [3.05, 3.63) is 27.2 Å². The zero-order valence-electron chi connectivity index (χ0n) is 17.5. The fourth-order valence-corrected chi connectivity index (χ4v) is 6.44. The van der Waals surface area contributed by atoms with Gasteiger partial charge in [-0.05, 0) is 88.0 Å². The summed E-state index contributed by atoms with van der Waals surface area (Å²) in [6, 6.07) is 0. The van der Waals surface area contributed by atoms with Gasteiger partial charge in [0.2, 0.25) is 0 Å². The molecule has 4 bridgehead atoms. The lowest BCUT2D eigenvalue weighted by molar-refractivity contribution is -0.157. The van der Waals surface area contributed by atoms with Crippen molar-refractivity contribution in [1.82, 2.24) is 15.5 Å². The van der Waals surface area contributed by atoms with Crippen LogP contribution in [0.1, 0.15) is 60.6 Å². The third kappa shape index (κ3) is 3.71. The Hall–Kier alpha value is -2.18. The van der Waals surface area contributed by atoms with Gasteiger partial charge in [0.05, 0.1) is 18.2 Å². The van der Waals surface area contributed by atoms with E-state index in [1.807, 2.05) is 6.92 Å². The van der Waals surface area contributed by atoms with E-state index in [9.17, 15) is 14.4 Å². The van der Waals surface area contributed by atoms with E-state index in [2.05, 4.69) is 15.5 Å². The molecule has 0 radical (unpaired) electrons. The summed E-state index contributed by atoms with van der Waals surface area (Å²) >= 11 is 0. The second-order valence-corrected chi connectivity index (χ2v) is 9.21. The number of rotatable bonds is 6. The smallest absolute Gasteiger partial charge is 0.311 e. The van der Waals surface area contributed by atoms with E-state index >= 15 is 0 Å². The maximum atomic E-state index is 12.9. The van der Waals surface area contributed by atoms with Gasteiger partial charge in [0, 0.05) is 6.54 Å². The van der Waals surface area contributed by atoms with Gasteiger partial charge >= 0.3 is 5.97 Å². The van der Waals surface area contributed by atoms with Crippen LogP contribution < -0.4 is 10.9 Å². The van der Waals surface area contributed by atoms with Gasteiger partial charge in [-0.2, -0.15) is 5.10 Å². The number of hydrogen-bond donors (Lipinski definition) is 2. The molecule has 4 saturated carbocycles.